The summed E-state index contributed by atoms with van der Waals surface area (Å²) in [4.78, 5) is 11.8. The Morgan fingerprint density at radius 3 is 3.08 bits per heavy atom. The van der Waals surface area contributed by atoms with Crippen LogP contribution in [0.4, 0.5) is 0 Å². The largest absolute Gasteiger partial charge is 0.490 e. The summed E-state index contributed by atoms with van der Waals surface area (Å²) in [6.45, 7) is 2.32. The number of nitrogens with one attached hydrogen (secondary N) is 1. The quantitative estimate of drug-likeness (QED) is 0.797. The topological polar surface area (TPSA) is 77.5 Å². The number of benzene rings is 1. The van der Waals surface area contributed by atoms with Gasteiger partial charge in [0.05, 0.1) is 12.8 Å². The van der Waals surface area contributed by atoms with Crippen LogP contribution in [0.3, 0.4) is 0 Å². The fourth-order valence-corrected chi connectivity index (χ4v) is 2.77. The molecule has 0 unspecified atom stereocenters. The monoisotopic (exact) mass is 324 g/mol. The van der Waals surface area contributed by atoms with E-state index in [4.69, 9.17) is 13.7 Å². The highest BCUT2D eigenvalue weighted by molar-refractivity contribution is 5.91. The SMILES string of the molecule is C[C@H]1Cc2cc(-c3cc(CNC(=O)c4ccco4)no3)ccc2O1. The van der Waals surface area contributed by atoms with Gasteiger partial charge in [0.25, 0.3) is 5.91 Å². The van der Waals surface area contributed by atoms with E-state index >= 15 is 0 Å². The van der Waals surface area contributed by atoms with Crippen molar-refractivity contribution < 1.29 is 18.5 Å². The highest BCUT2D eigenvalue weighted by Crippen LogP contribution is 2.33. The average Bonchev–Trinajstić information content (AvgIpc) is 3.31. The second-order valence-corrected chi connectivity index (χ2v) is 5.80. The Morgan fingerprint density at radius 2 is 2.25 bits per heavy atom. The summed E-state index contributed by atoms with van der Waals surface area (Å²) in [6, 6.07) is 11.1. The lowest BCUT2D eigenvalue weighted by Crippen LogP contribution is -2.22. The molecule has 1 aromatic carbocycles. The lowest BCUT2D eigenvalue weighted by atomic mass is 10.1. The number of aromatic nitrogens is 1. The molecule has 4 rings (SSSR count). The number of carbonyl (C=O) groups excluding carboxylic acids is 1. The Kier molecular flexibility index (Phi) is 3.57. The van der Waals surface area contributed by atoms with E-state index in [0.29, 0.717) is 11.5 Å². The van der Waals surface area contributed by atoms with Crippen molar-refractivity contribution in [2.75, 3.05) is 0 Å². The summed E-state index contributed by atoms with van der Waals surface area (Å²) >= 11 is 0. The van der Waals surface area contributed by atoms with Gasteiger partial charge in [-0.2, -0.15) is 0 Å². The van der Waals surface area contributed by atoms with E-state index in [0.717, 1.165) is 17.7 Å². The van der Waals surface area contributed by atoms with Crippen molar-refractivity contribution in [3.05, 3.63) is 59.7 Å². The first-order chi connectivity index (χ1) is 11.7. The van der Waals surface area contributed by atoms with Crippen molar-refractivity contribution in [2.24, 2.45) is 0 Å². The summed E-state index contributed by atoms with van der Waals surface area (Å²) < 4.78 is 16.1. The summed E-state index contributed by atoms with van der Waals surface area (Å²) in [5, 5.41) is 6.74. The predicted octanol–water partition coefficient (Wildman–Crippen LogP) is 3.19. The van der Waals surface area contributed by atoms with Gasteiger partial charge in [0.15, 0.2) is 11.5 Å². The van der Waals surface area contributed by atoms with Crippen molar-refractivity contribution in [1.29, 1.82) is 0 Å². The van der Waals surface area contributed by atoms with Crippen LogP contribution in [0.15, 0.2) is 51.6 Å². The van der Waals surface area contributed by atoms with Crippen LogP contribution in [0.25, 0.3) is 11.3 Å². The van der Waals surface area contributed by atoms with E-state index < -0.39 is 0 Å². The van der Waals surface area contributed by atoms with Crippen LogP contribution in [0.2, 0.25) is 0 Å². The molecule has 1 amide bonds. The molecule has 122 valence electrons. The van der Waals surface area contributed by atoms with Gasteiger partial charge in [-0.05, 0) is 42.8 Å². The Hall–Kier alpha value is -3.02. The van der Waals surface area contributed by atoms with E-state index in [1.807, 2.05) is 25.1 Å². The van der Waals surface area contributed by atoms with Gasteiger partial charge in [-0.1, -0.05) is 5.16 Å². The molecule has 24 heavy (non-hydrogen) atoms. The van der Waals surface area contributed by atoms with Gasteiger partial charge in [0, 0.05) is 18.1 Å². The molecule has 6 heteroatoms. The molecule has 6 nitrogen and oxygen atoms in total. The normalized spacial score (nSPS) is 15.8. The van der Waals surface area contributed by atoms with Crippen molar-refractivity contribution in [1.82, 2.24) is 10.5 Å². The zero-order valence-corrected chi connectivity index (χ0v) is 13.1. The molecule has 0 spiro atoms. The highest BCUT2D eigenvalue weighted by atomic mass is 16.5. The van der Waals surface area contributed by atoms with Crippen LogP contribution >= 0.6 is 0 Å². The van der Waals surface area contributed by atoms with Crippen LogP contribution in [0, 0.1) is 0 Å². The molecule has 1 aliphatic heterocycles. The summed E-state index contributed by atoms with van der Waals surface area (Å²) in [7, 11) is 0. The van der Waals surface area contributed by atoms with E-state index in [1.54, 1.807) is 12.1 Å². The number of nitrogens with zero attached hydrogens (tertiary/aromatic N) is 1. The number of ether oxygens (including phenoxy) is 1. The molecule has 1 N–H and O–H groups in total. The molecular formula is C18H16N2O4. The third kappa shape index (κ3) is 2.78. The van der Waals surface area contributed by atoms with Gasteiger partial charge >= 0.3 is 0 Å². The fraction of sp³-hybridized carbons (Fsp3) is 0.222. The number of fused-ring (bicyclic) bond motifs is 1. The molecule has 3 heterocycles. The molecule has 3 aromatic rings. The Bertz CT molecular complexity index is 867. The first-order valence-electron chi connectivity index (χ1n) is 7.76. The number of furan rings is 1. The molecule has 0 bridgehead atoms. The van der Waals surface area contributed by atoms with E-state index in [1.165, 1.54) is 11.8 Å². The second-order valence-electron chi connectivity index (χ2n) is 5.80. The van der Waals surface area contributed by atoms with E-state index in [-0.39, 0.29) is 24.3 Å². The van der Waals surface area contributed by atoms with Crippen molar-refractivity contribution in [3.8, 4) is 17.1 Å². The maximum Gasteiger partial charge on any atom is 0.287 e. The summed E-state index contributed by atoms with van der Waals surface area (Å²) in [5.41, 5.74) is 2.77. The first-order valence-corrected chi connectivity index (χ1v) is 7.76. The standard InChI is InChI=1S/C18H16N2O4/c1-11-7-13-8-12(4-5-15(13)23-11)17-9-14(20-24-17)10-19-18(21)16-3-2-6-22-16/h2-6,8-9,11H,7,10H2,1H3,(H,19,21)/t11-/m0/s1. The maximum absolute atomic E-state index is 11.8. The van der Waals surface area contributed by atoms with Gasteiger partial charge < -0.3 is 19.0 Å². The van der Waals surface area contributed by atoms with Crippen molar-refractivity contribution >= 4 is 5.91 Å². The minimum atomic E-state index is -0.284. The van der Waals surface area contributed by atoms with Crippen LogP contribution in [0.5, 0.6) is 5.75 Å². The van der Waals surface area contributed by atoms with Crippen LogP contribution in [0.1, 0.15) is 28.7 Å². The predicted molar refractivity (Wildman–Crippen MR) is 85.6 cm³/mol. The highest BCUT2D eigenvalue weighted by Gasteiger charge is 2.20. The molecule has 2 aromatic heterocycles. The second kappa shape index (κ2) is 5.88. The third-order valence-electron chi connectivity index (χ3n) is 3.91. The minimum Gasteiger partial charge on any atom is -0.490 e. The molecule has 0 radical (unpaired) electrons. The Balaban J connectivity index is 1.45. The van der Waals surface area contributed by atoms with Gasteiger partial charge in [-0.15, -0.1) is 0 Å². The maximum atomic E-state index is 11.8. The Morgan fingerprint density at radius 1 is 1.33 bits per heavy atom. The minimum absolute atomic E-state index is 0.206. The summed E-state index contributed by atoms with van der Waals surface area (Å²) in [6.07, 6.45) is 2.56. The van der Waals surface area contributed by atoms with Gasteiger partial charge in [-0.25, -0.2) is 0 Å². The molecule has 1 aliphatic rings. The Labute approximate surface area is 138 Å². The van der Waals surface area contributed by atoms with Crippen molar-refractivity contribution in [3.63, 3.8) is 0 Å². The fourth-order valence-electron chi connectivity index (χ4n) is 2.77. The third-order valence-corrected chi connectivity index (χ3v) is 3.91. The number of carbonyl (C=O) groups is 1. The lowest BCUT2D eigenvalue weighted by molar-refractivity contribution is 0.0922. The zero-order valence-electron chi connectivity index (χ0n) is 13.1. The molecule has 1 atom stereocenters. The van der Waals surface area contributed by atoms with Crippen LogP contribution in [-0.4, -0.2) is 17.2 Å². The van der Waals surface area contributed by atoms with Gasteiger partial charge in [0.1, 0.15) is 17.5 Å². The smallest absolute Gasteiger partial charge is 0.287 e. The summed E-state index contributed by atoms with van der Waals surface area (Å²) in [5.74, 6) is 1.58. The zero-order chi connectivity index (χ0) is 16.5. The van der Waals surface area contributed by atoms with Crippen LogP contribution in [-0.2, 0) is 13.0 Å². The number of rotatable bonds is 4. The lowest BCUT2D eigenvalue weighted by Gasteiger charge is -2.02. The number of hydrogen-bond donors (Lipinski definition) is 1. The molecule has 0 aliphatic carbocycles. The number of hydrogen-bond acceptors (Lipinski definition) is 5. The molecule has 0 saturated carbocycles. The molecular weight excluding hydrogens is 308 g/mol. The van der Waals surface area contributed by atoms with E-state index in [9.17, 15) is 4.79 Å². The molecule has 0 fully saturated rings. The average molecular weight is 324 g/mol. The van der Waals surface area contributed by atoms with E-state index in [2.05, 4.69) is 16.5 Å². The van der Waals surface area contributed by atoms with Gasteiger partial charge in [0.2, 0.25) is 0 Å². The molecule has 0 saturated heterocycles. The van der Waals surface area contributed by atoms with Crippen LogP contribution < -0.4 is 10.1 Å². The number of amides is 1. The van der Waals surface area contributed by atoms with Gasteiger partial charge in [-0.3, -0.25) is 4.79 Å². The van der Waals surface area contributed by atoms with Crippen molar-refractivity contribution in [2.45, 2.75) is 26.0 Å². The first kappa shape index (κ1) is 14.6.